The van der Waals surface area contributed by atoms with Gasteiger partial charge in [0.2, 0.25) is 0 Å². The molecule has 8 heteroatoms. The van der Waals surface area contributed by atoms with Gasteiger partial charge in [-0.15, -0.1) is 0 Å². The van der Waals surface area contributed by atoms with E-state index in [1.54, 1.807) is 12.1 Å². The highest BCUT2D eigenvalue weighted by Crippen LogP contribution is 2.22. The molecule has 0 aliphatic heterocycles. The van der Waals surface area contributed by atoms with Gasteiger partial charge in [0, 0.05) is 17.7 Å². The van der Waals surface area contributed by atoms with Gasteiger partial charge >= 0.3 is 0 Å². The van der Waals surface area contributed by atoms with Crippen LogP contribution >= 0.6 is 0 Å². The van der Waals surface area contributed by atoms with Crippen molar-refractivity contribution >= 4 is 17.9 Å². The van der Waals surface area contributed by atoms with Gasteiger partial charge < -0.3 is 14.2 Å². The topological polar surface area (TPSA) is 85.9 Å². The van der Waals surface area contributed by atoms with E-state index in [1.807, 2.05) is 0 Å². The Morgan fingerprint density at radius 2 is 1.59 bits per heavy atom. The molecule has 0 saturated heterocycles. The number of ether oxygens (including phenoxy) is 3. The first-order chi connectivity index (χ1) is 13.0. The molecule has 2 aromatic rings. The summed E-state index contributed by atoms with van der Waals surface area (Å²) in [5.74, 6) is -0.698. The van der Waals surface area contributed by atoms with E-state index in [-0.39, 0.29) is 11.3 Å². The number of hydrazine groups is 1. The maximum atomic E-state index is 13.6. The third-order valence-electron chi connectivity index (χ3n) is 3.52. The highest BCUT2D eigenvalue weighted by molar-refractivity contribution is 5.98. The first-order valence-electron chi connectivity index (χ1n) is 7.82. The summed E-state index contributed by atoms with van der Waals surface area (Å²) in [6.45, 7) is 0. The summed E-state index contributed by atoms with van der Waals surface area (Å²) in [5, 5.41) is 0. The molecule has 2 aromatic carbocycles. The fraction of sp³-hybridized carbons (Fsp3) is 0.158. The van der Waals surface area contributed by atoms with Gasteiger partial charge in [-0.3, -0.25) is 20.4 Å². The van der Waals surface area contributed by atoms with Gasteiger partial charge in [0.05, 0.1) is 21.3 Å². The second kappa shape index (κ2) is 9.23. The van der Waals surface area contributed by atoms with Crippen molar-refractivity contribution in [3.63, 3.8) is 0 Å². The molecule has 0 radical (unpaired) electrons. The van der Waals surface area contributed by atoms with Gasteiger partial charge in [-0.05, 0) is 35.9 Å². The van der Waals surface area contributed by atoms with E-state index in [0.29, 0.717) is 17.1 Å². The number of benzene rings is 2. The highest BCUT2D eigenvalue weighted by atomic mass is 19.1. The van der Waals surface area contributed by atoms with Crippen molar-refractivity contribution in [2.24, 2.45) is 0 Å². The van der Waals surface area contributed by atoms with E-state index >= 15 is 0 Å². The minimum absolute atomic E-state index is 0.109. The van der Waals surface area contributed by atoms with Crippen LogP contribution in [0.2, 0.25) is 0 Å². The first kappa shape index (κ1) is 19.8. The van der Waals surface area contributed by atoms with Crippen molar-refractivity contribution in [2.75, 3.05) is 21.3 Å². The van der Waals surface area contributed by atoms with Crippen LogP contribution in [0.25, 0.3) is 6.08 Å². The number of carbonyl (C=O) groups excluding carboxylic acids is 2. The largest absolute Gasteiger partial charge is 0.497 e. The monoisotopic (exact) mass is 374 g/mol. The molecule has 0 atom stereocenters. The second-order valence-corrected chi connectivity index (χ2v) is 5.27. The molecule has 7 nitrogen and oxygen atoms in total. The normalized spacial score (nSPS) is 10.4. The van der Waals surface area contributed by atoms with Crippen LogP contribution in [0.1, 0.15) is 15.9 Å². The lowest BCUT2D eigenvalue weighted by molar-refractivity contribution is -0.117. The summed E-state index contributed by atoms with van der Waals surface area (Å²) in [5.41, 5.74) is 5.22. The molecule has 0 heterocycles. The van der Waals surface area contributed by atoms with Crippen LogP contribution in [-0.2, 0) is 4.79 Å². The van der Waals surface area contributed by atoms with Crippen LogP contribution in [0.4, 0.5) is 4.39 Å². The van der Waals surface area contributed by atoms with Crippen molar-refractivity contribution in [1.29, 1.82) is 0 Å². The number of amides is 2. The Kier molecular flexibility index (Phi) is 6.76. The molecule has 0 aliphatic carbocycles. The second-order valence-electron chi connectivity index (χ2n) is 5.27. The zero-order valence-corrected chi connectivity index (χ0v) is 15.0. The summed E-state index contributed by atoms with van der Waals surface area (Å²) >= 11 is 0. The van der Waals surface area contributed by atoms with E-state index in [9.17, 15) is 14.0 Å². The van der Waals surface area contributed by atoms with Gasteiger partial charge in [-0.2, -0.15) is 0 Å². The molecule has 0 aliphatic rings. The van der Waals surface area contributed by atoms with E-state index < -0.39 is 17.6 Å². The molecular formula is C19H19FN2O5. The Balaban J connectivity index is 1.97. The maximum absolute atomic E-state index is 13.6. The fourth-order valence-corrected chi connectivity index (χ4v) is 2.13. The summed E-state index contributed by atoms with van der Waals surface area (Å²) < 4.78 is 28.6. The molecule has 0 unspecified atom stereocenters. The van der Waals surface area contributed by atoms with Crippen molar-refractivity contribution in [2.45, 2.75) is 0 Å². The van der Waals surface area contributed by atoms with Gasteiger partial charge in [0.15, 0.2) is 11.6 Å². The molecule has 0 spiro atoms. The Labute approximate surface area is 155 Å². The molecule has 2 rings (SSSR count). The summed E-state index contributed by atoms with van der Waals surface area (Å²) in [7, 11) is 4.29. The van der Waals surface area contributed by atoms with Crippen molar-refractivity contribution in [3.05, 3.63) is 59.4 Å². The quantitative estimate of drug-likeness (QED) is 0.599. The molecule has 0 bridgehead atoms. The van der Waals surface area contributed by atoms with Gasteiger partial charge in [-0.25, -0.2) is 4.39 Å². The highest BCUT2D eigenvalue weighted by Gasteiger charge is 2.10. The van der Waals surface area contributed by atoms with Crippen LogP contribution in [0.15, 0.2) is 42.5 Å². The average molecular weight is 374 g/mol. The Morgan fingerprint density at radius 1 is 0.926 bits per heavy atom. The average Bonchev–Trinajstić information content (AvgIpc) is 2.69. The fourth-order valence-electron chi connectivity index (χ4n) is 2.13. The van der Waals surface area contributed by atoms with Crippen molar-refractivity contribution < 1.29 is 28.2 Å². The third kappa shape index (κ3) is 5.46. The van der Waals surface area contributed by atoms with Crippen molar-refractivity contribution in [1.82, 2.24) is 10.9 Å². The van der Waals surface area contributed by atoms with E-state index in [1.165, 1.54) is 51.7 Å². The van der Waals surface area contributed by atoms with Crippen molar-refractivity contribution in [3.8, 4) is 17.2 Å². The first-order valence-corrected chi connectivity index (χ1v) is 7.82. The van der Waals surface area contributed by atoms with Gasteiger partial charge in [0.25, 0.3) is 11.8 Å². The summed E-state index contributed by atoms with van der Waals surface area (Å²) in [4.78, 5) is 24.0. The molecule has 0 saturated carbocycles. The van der Waals surface area contributed by atoms with Crippen LogP contribution in [0.5, 0.6) is 17.2 Å². The van der Waals surface area contributed by atoms with E-state index in [4.69, 9.17) is 14.2 Å². The lowest BCUT2D eigenvalue weighted by Gasteiger charge is -2.09. The standard InChI is InChI=1S/C19H19FN2O5/c1-25-14-9-13(10-15(11-14)26-2)19(24)22-21-18(23)7-5-12-4-6-17(27-3)16(20)8-12/h4-11H,1-3H3,(H,21,23)(H,22,24)/b7-5+. The van der Waals surface area contributed by atoms with Gasteiger partial charge in [0.1, 0.15) is 11.5 Å². The van der Waals surface area contributed by atoms with Crippen LogP contribution in [0.3, 0.4) is 0 Å². The Morgan fingerprint density at radius 3 is 2.15 bits per heavy atom. The third-order valence-corrected chi connectivity index (χ3v) is 3.52. The molecule has 0 fully saturated rings. The number of halogens is 1. The number of methoxy groups -OCH3 is 3. The smallest absolute Gasteiger partial charge is 0.269 e. The molecular weight excluding hydrogens is 355 g/mol. The van der Waals surface area contributed by atoms with Gasteiger partial charge in [-0.1, -0.05) is 6.07 Å². The number of rotatable bonds is 6. The minimum atomic E-state index is -0.588. The lowest BCUT2D eigenvalue weighted by atomic mass is 10.2. The number of hydrogen-bond acceptors (Lipinski definition) is 5. The number of nitrogens with one attached hydrogen (secondary N) is 2. The predicted molar refractivity (Wildman–Crippen MR) is 97.1 cm³/mol. The zero-order valence-electron chi connectivity index (χ0n) is 15.0. The SMILES string of the molecule is COc1cc(OC)cc(C(=O)NNC(=O)/C=C/c2ccc(OC)c(F)c2)c1. The number of carbonyl (C=O) groups is 2. The van der Waals surface area contributed by atoms with E-state index in [0.717, 1.165) is 6.08 Å². The van der Waals surface area contributed by atoms with Crippen LogP contribution in [0, 0.1) is 5.82 Å². The van der Waals surface area contributed by atoms with E-state index in [2.05, 4.69) is 10.9 Å². The summed E-state index contributed by atoms with van der Waals surface area (Å²) in [6.07, 6.45) is 2.56. The van der Waals surface area contributed by atoms with Crippen LogP contribution in [-0.4, -0.2) is 33.1 Å². The maximum Gasteiger partial charge on any atom is 0.269 e. The summed E-state index contributed by atoms with van der Waals surface area (Å²) in [6, 6.07) is 8.88. The predicted octanol–water partition coefficient (Wildman–Crippen LogP) is 2.33. The molecule has 27 heavy (non-hydrogen) atoms. The molecule has 142 valence electrons. The lowest BCUT2D eigenvalue weighted by Crippen LogP contribution is -2.40. The Bertz CT molecular complexity index is 845. The minimum Gasteiger partial charge on any atom is -0.497 e. The molecule has 2 N–H and O–H groups in total. The molecule has 0 aromatic heterocycles. The van der Waals surface area contributed by atoms with Crippen LogP contribution < -0.4 is 25.1 Å². The zero-order chi connectivity index (χ0) is 19.8. The molecule has 2 amide bonds. The number of hydrogen-bond donors (Lipinski definition) is 2. The Hall–Kier alpha value is -3.55.